The normalized spacial score (nSPS) is 12.6. The third-order valence-electron chi connectivity index (χ3n) is 2.20. The number of ether oxygens (including phenoxy) is 1. The second kappa shape index (κ2) is 5.31. The van der Waals surface area contributed by atoms with E-state index in [1.165, 1.54) is 11.5 Å². The lowest BCUT2D eigenvalue weighted by atomic mass is 10.2. The van der Waals surface area contributed by atoms with E-state index in [-0.39, 0.29) is 6.04 Å². The number of hydrogen-bond acceptors (Lipinski definition) is 6. The molecule has 0 aliphatic rings. The molecule has 2 aromatic rings. The van der Waals surface area contributed by atoms with Crippen LogP contribution in [0.25, 0.3) is 11.4 Å². The number of methoxy groups -OCH3 is 1. The Morgan fingerprint density at radius 3 is 3.00 bits per heavy atom. The van der Waals surface area contributed by atoms with Crippen LogP contribution < -0.4 is 5.73 Å². The fraction of sp³-hybridized carbons (Fsp3) is 0.364. The van der Waals surface area contributed by atoms with Gasteiger partial charge in [0, 0.05) is 18.9 Å². The van der Waals surface area contributed by atoms with E-state index in [0.29, 0.717) is 12.4 Å². The maximum Gasteiger partial charge on any atom is 0.173 e. The maximum absolute atomic E-state index is 5.76. The highest BCUT2D eigenvalue weighted by atomic mass is 32.1. The summed E-state index contributed by atoms with van der Waals surface area (Å²) < 4.78 is 9.33. The van der Waals surface area contributed by atoms with Gasteiger partial charge >= 0.3 is 0 Å². The quantitative estimate of drug-likeness (QED) is 0.895. The van der Waals surface area contributed by atoms with E-state index in [0.717, 1.165) is 16.3 Å². The van der Waals surface area contributed by atoms with Crippen molar-refractivity contribution in [1.82, 2.24) is 14.3 Å². The fourth-order valence-electron chi connectivity index (χ4n) is 1.38. The van der Waals surface area contributed by atoms with Crippen molar-refractivity contribution < 1.29 is 4.74 Å². The van der Waals surface area contributed by atoms with Gasteiger partial charge in [0.25, 0.3) is 0 Å². The predicted molar refractivity (Wildman–Crippen MR) is 66.5 cm³/mol. The molecular formula is C11H14N4OS. The largest absolute Gasteiger partial charge is 0.378 e. The summed E-state index contributed by atoms with van der Waals surface area (Å²) >= 11 is 1.33. The maximum atomic E-state index is 5.76. The Bertz CT molecular complexity index is 498. The molecule has 2 heterocycles. The van der Waals surface area contributed by atoms with E-state index >= 15 is 0 Å². The van der Waals surface area contributed by atoms with Crippen molar-refractivity contribution in [3.05, 3.63) is 29.0 Å². The molecule has 0 spiro atoms. The van der Waals surface area contributed by atoms with E-state index in [9.17, 15) is 0 Å². The lowest BCUT2D eigenvalue weighted by Gasteiger charge is -2.00. The van der Waals surface area contributed by atoms with Crippen LogP contribution in [0.4, 0.5) is 0 Å². The molecule has 0 bridgehead atoms. The number of hydrogen-bond donors (Lipinski definition) is 1. The molecule has 0 unspecified atom stereocenters. The van der Waals surface area contributed by atoms with Crippen LogP contribution in [-0.2, 0) is 11.3 Å². The third kappa shape index (κ3) is 2.85. The first-order valence-electron chi connectivity index (χ1n) is 5.24. The van der Waals surface area contributed by atoms with Crippen molar-refractivity contribution in [2.45, 2.75) is 19.6 Å². The molecule has 0 saturated heterocycles. The van der Waals surface area contributed by atoms with E-state index in [1.54, 1.807) is 13.3 Å². The minimum atomic E-state index is -0.0819. The van der Waals surface area contributed by atoms with Gasteiger partial charge in [-0.05, 0) is 30.6 Å². The fourth-order valence-corrected chi connectivity index (χ4v) is 2.00. The molecule has 17 heavy (non-hydrogen) atoms. The van der Waals surface area contributed by atoms with Crippen LogP contribution in [0.3, 0.4) is 0 Å². The minimum Gasteiger partial charge on any atom is -0.378 e. The average molecular weight is 250 g/mol. The Morgan fingerprint density at radius 2 is 2.35 bits per heavy atom. The monoisotopic (exact) mass is 250 g/mol. The molecule has 6 heteroatoms. The Hall–Kier alpha value is -1.37. The summed E-state index contributed by atoms with van der Waals surface area (Å²) in [5, 5.41) is 0.838. The SMILES string of the molecule is COCc1cc(-c2nsc([C@H](C)N)n2)ccn1. The zero-order valence-corrected chi connectivity index (χ0v) is 10.6. The molecular weight excluding hydrogens is 236 g/mol. The highest BCUT2D eigenvalue weighted by Crippen LogP contribution is 2.21. The van der Waals surface area contributed by atoms with E-state index in [1.807, 2.05) is 19.1 Å². The topological polar surface area (TPSA) is 73.9 Å². The zero-order valence-electron chi connectivity index (χ0n) is 9.75. The van der Waals surface area contributed by atoms with Crippen LogP contribution in [0.5, 0.6) is 0 Å². The van der Waals surface area contributed by atoms with Crippen molar-refractivity contribution in [3.8, 4) is 11.4 Å². The Kier molecular flexibility index (Phi) is 3.78. The summed E-state index contributed by atoms with van der Waals surface area (Å²) in [6, 6.07) is 3.73. The lowest BCUT2D eigenvalue weighted by molar-refractivity contribution is 0.181. The number of nitrogens with two attached hydrogens (primary N) is 1. The van der Waals surface area contributed by atoms with Gasteiger partial charge in [0.15, 0.2) is 5.82 Å². The summed E-state index contributed by atoms with van der Waals surface area (Å²) in [7, 11) is 1.64. The third-order valence-corrected chi connectivity index (χ3v) is 3.11. The summed E-state index contributed by atoms with van der Waals surface area (Å²) in [5.74, 6) is 0.696. The van der Waals surface area contributed by atoms with E-state index < -0.39 is 0 Å². The summed E-state index contributed by atoms with van der Waals surface area (Å²) in [4.78, 5) is 8.59. The second-order valence-corrected chi connectivity index (χ2v) is 4.50. The minimum absolute atomic E-state index is 0.0819. The molecule has 0 aliphatic carbocycles. The van der Waals surface area contributed by atoms with Gasteiger partial charge in [-0.2, -0.15) is 4.37 Å². The molecule has 0 fully saturated rings. The predicted octanol–water partition coefficient (Wildman–Crippen LogP) is 1.77. The number of aromatic nitrogens is 3. The van der Waals surface area contributed by atoms with Gasteiger partial charge in [0.1, 0.15) is 5.01 Å². The standard InChI is InChI=1S/C11H14N4OS/c1-7(12)11-14-10(15-17-11)8-3-4-13-9(5-8)6-16-2/h3-5,7H,6,12H2,1-2H3/t7-/m0/s1. The van der Waals surface area contributed by atoms with Crippen molar-refractivity contribution in [2.75, 3.05) is 7.11 Å². The smallest absolute Gasteiger partial charge is 0.173 e. The molecule has 2 N–H and O–H groups in total. The molecule has 0 amide bonds. The summed E-state index contributed by atoms with van der Waals surface area (Å²) in [6.07, 6.45) is 1.73. The zero-order chi connectivity index (χ0) is 12.3. The molecule has 5 nitrogen and oxygen atoms in total. The van der Waals surface area contributed by atoms with Gasteiger partial charge in [-0.3, -0.25) is 4.98 Å². The molecule has 0 aliphatic heterocycles. The van der Waals surface area contributed by atoms with Crippen LogP contribution in [-0.4, -0.2) is 21.5 Å². The van der Waals surface area contributed by atoms with E-state index in [2.05, 4.69) is 14.3 Å². The van der Waals surface area contributed by atoms with Gasteiger partial charge in [-0.1, -0.05) is 0 Å². The molecule has 0 radical (unpaired) electrons. The van der Waals surface area contributed by atoms with Gasteiger partial charge in [0.05, 0.1) is 18.3 Å². The Morgan fingerprint density at radius 1 is 1.53 bits per heavy atom. The van der Waals surface area contributed by atoms with Crippen molar-refractivity contribution in [3.63, 3.8) is 0 Å². The highest BCUT2D eigenvalue weighted by molar-refractivity contribution is 7.05. The van der Waals surface area contributed by atoms with Crippen molar-refractivity contribution >= 4 is 11.5 Å². The van der Waals surface area contributed by atoms with Gasteiger partial charge < -0.3 is 10.5 Å². The molecule has 2 aromatic heterocycles. The molecule has 1 atom stereocenters. The number of pyridine rings is 1. The van der Waals surface area contributed by atoms with Gasteiger partial charge in [-0.15, -0.1) is 0 Å². The molecule has 0 saturated carbocycles. The highest BCUT2D eigenvalue weighted by Gasteiger charge is 2.10. The lowest BCUT2D eigenvalue weighted by Crippen LogP contribution is -2.03. The molecule has 0 aromatic carbocycles. The van der Waals surface area contributed by atoms with Gasteiger partial charge in [-0.25, -0.2) is 4.98 Å². The first-order valence-corrected chi connectivity index (χ1v) is 6.01. The molecule has 2 rings (SSSR count). The van der Waals surface area contributed by atoms with Crippen LogP contribution in [0.2, 0.25) is 0 Å². The van der Waals surface area contributed by atoms with Crippen LogP contribution >= 0.6 is 11.5 Å². The Balaban J connectivity index is 2.28. The van der Waals surface area contributed by atoms with E-state index in [4.69, 9.17) is 10.5 Å². The average Bonchev–Trinajstić information content (AvgIpc) is 2.79. The second-order valence-electron chi connectivity index (χ2n) is 3.71. The van der Waals surface area contributed by atoms with Gasteiger partial charge in [0.2, 0.25) is 0 Å². The summed E-state index contributed by atoms with van der Waals surface area (Å²) in [6.45, 7) is 2.38. The first-order chi connectivity index (χ1) is 8.20. The first kappa shape index (κ1) is 12.1. The molecule has 90 valence electrons. The Labute approximate surface area is 104 Å². The van der Waals surface area contributed by atoms with Crippen LogP contribution in [0, 0.1) is 0 Å². The number of rotatable bonds is 4. The van der Waals surface area contributed by atoms with Crippen LogP contribution in [0.15, 0.2) is 18.3 Å². The van der Waals surface area contributed by atoms with Crippen LogP contribution in [0.1, 0.15) is 23.7 Å². The van der Waals surface area contributed by atoms with Crippen molar-refractivity contribution in [1.29, 1.82) is 0 Å². The summed E-state index contributed by atoms with van der Waals surface area (Å²) in [5.41, 5.74) is 7.56. The number of nitrogens with zero attached hydrogens (tertiary/aromatic N) is 3. The van der Waals surface area contributed by atoms with Crippen molar-refractivity contribution in [2.24, 2.45) is 5.73 Å².